The number of hydrogen-bond donors (Lipinski definition) is 0. The number of hydrogen-bond acceptors (Lipinski definition) is 6. The zero-order valence-corrected chi connectivity index (χ0v) is 25.9. The summed E-state index contributed by atoms with van der Waals surface area (Å²) >= 11 is 0. The Labute approximate surface area is 203 Å². The van der Waals surface area contributed by atoms with Gasteiger partial charge in [-0.2, -0.15) is 0 Å². The highest BCUT2D eigenvalue weighted by Crippen LogP contribution is 2.20. The minimum atomic E-state index is -2.56. The molecule has 0 bridgehead atoms. The van der Waals surface area contributed by atoms with Crippen LogP contribution in [0.5, 0.6) is 0 Å². The normalized spacial score (nSPS) is 13.3. The molecule has 0 N–H and O–H groups in total. The summed E-state index contributed by atoms with van der Waals surface area (Å²) in [6, 6.07) is 3.31. The van der Waals surface area contributed by atoms with Crippen LogP contribution in [0.25, 0.3) is 0 Å². The van der Waals surface area contributed by atoms with Crippen LogP contribution in [0.15, 0.2) is 0 Å². The van der Waals surface area contributed by atoms with Crippen molar-refractivity contribution in [3.05, 3.63) is 0 Å². The average molecular weight is 510 g/mol. The molecule has 0 aliphatic carbocycles. The van der Waals surface area contributed by atoms with Gasteiger partial charge in [-0.25, -0.2) is 0 Å². The van der Waals surface area contributed by atoms with Gasteiger partial charge in [0.1, 0.15) is 0 Å². The summed E-state index contributed by atoms with van der Waals surface area (Å²) in [5.41, 5.74) is 0. The Bertz CT molecular complexity index is 414. The molecular formula is C23H55NO5Si3. The second kappa shape index (κ2) is 17.8. The quantitative estimate of drug-likeness (QED) is 0.167. The molecule has 0 aromatic carbocycles. The molecule has 0 heterocycles. The van der Waals surface area contributed by atoms with E-state index in [0.717, 1.165) is 45.3 Å². The van der Waals surface area contributed by atoms with Crippen LogP contribution < -0.4 is 0 Å². The lowest BCUT2D eigenvalue weighted by Crippen LogP contribution is -2.46. The lowest BCUT2D eigenvalue weighted by Gasteiger charge is -2.30. The molecule has 0 aliphatic heterocycles. The molecule has 9 heteroatoms. The SMILES string of the molecule is CCO[Si](C)(C)CCCN(CCC[Si](C)(C)OCC)CCC[Si](OCC)(OCC)OCC. The molecule has 0 aromatic rings. The number of nitrogens with zero attached hydrogens (tertiary/aromatic N) is 1. The fourth-order valence-electron chi connectivity index (χ4n) is 4.24. The molecule has 0 rings (SSSR count). The van der Waals surface area contributed by atoms with Crippen molar-refractivity contribution < 1.29 is 22.1 Å². The Morgan fingerprint density at radius 2 is 0.781 bits per heavy atom. The van der Waals surface area contributed by atoms with Crippen molar-refractivity contribution in [1.82, 2.24) is 4.90 Å². The van der Waals surface area contributed by atoms with Gasteiger partial charge in [0.2, 0.25) is 0 Å². The smallest absolute Gasteiger partial charge is 0.418 e. The van der Waals surface area contributed by atoms with Crippen molar-refractivity contribution in [2.45, 2.75) is 98.2 Å². The lowest BCUT2D eigenvalue weighted by molar-refractivity contribution is 0.0699. The molecule has 32 heavy (non-hydrogen) atoms. The van der Waals surface area contributed by atoms with E-state index in [1.807, 2.05) is 20.8 Å². The lowest BCUT2D eigenvalue weighted by atomic mass is 10.3. The topological polar surface area (TPSA) is 49.4 Å². The molecule has 0 fully saturated rings. The highest BCUT2D eigenvalue weighted by atomic mass is 28.4. The standard InChI is InChI=1S/C23H55NO5Si3/c1-10-25-30(6,7)21-15-18-24(19-16-22-31(8,9)26-11-2)20-17-23-32(27-12-3,28-13-4)29-14-5/h10-23H2,1-9H3. The fraction of sp³-hybridized carbons (Fsp3) is 1.00. The molecule has 0 atom stereocenters. The van der Waals surface area contributed by atoms with Crippen LogP contribution in [0.4, 0.5) is 0 Å². The molecule has 0 unspecified atom stereocenters. The van der Waals surface area contributed by atoms with Crippen LogP contribution in [0.1, 0.15) is 53.9 Å². The summed E-state index contributed by atoms with van der Waals surface area (Å²) in [5.74, 6) is 0. The largest absolute Gasteiger partial charge is 0.500 e. The molecule has 0 saturated carbocycles. The molecule has 0 amide bonds. The van der Waals surface area contributed by atoms with Gasteiger partial charge in [-0.3, -0.25) is 0 Å². The maximum absolute atomic E-state index is 6.05. The maximum atomic E-state index is 6.05. The zero-order valence-electron chi connectivity index (χ0n) is 22.9. The van der Waals surface area contributed by atoms with Crippen molar-refractivity contribution >= 4 is 25.4 Å². The predicted octanol–water partition coefficient (Wildman–Crippen LogP) is 5.99. The van der Waals surface area contributed by atoms with Crippen molar-refractivity contribution in [1.29, 1.82) is 0 Å². The van der Waals surface area contributed by atoms with Gasteiger partial charge in [0, 0.05) is 39.1 Å². The van der Waals surface area contributed by atoms with E-state index in [1.54, 1.807) is 0 Å². The first-order chi connectivity index (χ1) is 15.1. The van der Waals surface area contributed by atoms with E-state index in [2.05, 4.69) is 44.9 Å². The fourth-order valence-corrected chi connectivity index (χ4v) is 10.7. The van der Waals surface area contributed by atoms with Crippen LogP contribution in [0.2, 0.25) is 44.3 Å². The maximum Gasteiger partial charge on any atom is 0.500 e. The van der Waals surface area contributed by atoms with Crippen molar-refractivity contribution in [2.24, 2.45) is 0 Å². The highest BCUT2D eigenvalue weighted by molar-refractivity contribution is 6.71. The third kappa shape index (κ3) is 15.3. The Hall–Kier alpha value is 0.411. The Balaban J connectivity index is 4.88. The van der Waals surface area contributed by atoms with E-state index in [0.29, 0.717) is 19.8 Å². The molecule has 0 radical (unpaired) electrons. The van der Waals surface area contributed by atoms with Gasteiger partial charge < -0.3 is 27.0 Å². The summed E-state index contributed by atoms with van der Waals surface area (Å²) in [5, 5.41) is 0. The molecule has 194 valence electrons. The first-order valence-electron chi connectivity index (χ1n) is 13.0. The van der Waals surface area contributed by atoms with Crippen molar-refractivity contribution in [3.63, 3.8) is 0 Å². The van der Waals surface area contributed by atoms with Gasteiger partial charge in [0.25, 0.3) is 0 Å². The Kier molecular flexibility index (Phi) is 18.0. The average Bonchev–Trinajstić information content (AvgIpc) is 2.68. The summed E-state index contributed by atoms with van der Waals surface area (Å²) in [4.78, 5) is 2.63. The Morgan fingerprint density at radius 1 is 0.469 bits per heavy atom. The van der Waals surface area contributed by atoms with Crippen LogP contribution >= 0.6 is 0 Å². The zero-order chi connectivity index (χ0) is 24.5. The van der Waals surface area contributed by atoms with Crippen LogP contribution in [0, 0.1) is 0 Å². The molecule has 6 nitrogen and oxygen atoms in total. The van der Waals surface area contributed by atoms with E-state index in [-0.39, 0.29) is 0 Å². The first kappa shape index (κ1) is 32.4. The third-order valence-electron chi connectivity index (χ3n) is 5.63. The second-order valence-electron chi connectivity index (χ2n) is 9.52. The van der Waals surface area contributed by atoms with Gasteiger partial charge in [0.05, 0.1) is 0 Å². The molecule has 0 aromatic heterocycles. The summed E-state index contributed by atoms with van der Waals surface area (Å²) in [6.07, 6.45) is 3.46. The molecular weight excluding hydrogens is 455 g/mol. The van der Waals surface area contributed by atoms with Crippen molar-refractivity contribution in [3.8, 4) is 0 Å². The van der Waals surface area contributed by atoms with E-state index in [9.17, 15) is 0 Å². The minimum absolute atomic E-state index is 0.643. The van der Waals surface area contributed by atoms with Gasteiger partial charge in [0.15, 0.2) is 16.6 Å². The summed E-state index contributed by atoms with van der Waals surface area (Å²) in [6.45, 7) is 26.6. The molecule has 0 aliphatic rings. The van der Waals surface area contributed by atoms with Gasteiger partial charge in [-0.15, -0.1) is 0 Å². The first-order valence-corrected chi connectivity index (χ1v) is 21.2. The summed E-state index contributed by atoms with van der Waals surface area (Å²) in [7, 11) is -5.62. The monoisotopic (exact) mass is 509 g/mol. The highest BCUT2D eigenvalue weighted by Gasteiger charge is 2.39. The summed E-state index contributed by atoms with van der Waals surface area (Å²) < 4.78 is 30.2. The van der Waals surface area contributed by atoms with E-state index < -0.39 is 25.4 Å². The molecule has 0 spiro atoms. The third-order valence-corrected chi connectivity index (χ3v) is 14.0. The van der Waals surface area contributed by atoms with Crippen LogP contribution in [-0.2, 0) is 22.1 Å². The van der Waals surface area contributed by atoms with Gasteiger partial charge >= 0.3 is 8.80 Å². The Morgan fingerprint density at radius 3 is 1.09 bits per heavy atom. The van der Waals surface area contributed by atoms with E-state index >= 15 is 0 Å². The van der Waals surface area contributed by atoms with Gasteiger partial charge in [-0.1, -0.05) is 0 Å². The van der Waals surface area contributed by atoms with Crippen molar-refractivity contribution in [2.75, 3.05) is 52.7 Å². The predicted molar refractivity (Wildman–Crippen MR) is 144 cm³/mol. The molecule has 0 saturated heterocycles. The van der Waals surface area contributed by atoms with Crippen LogP contribution in [-0.4, -0.2) is 83.0 Å². The van der Waals surface area contributed by atoms with Crippen LogP contribution in [0.3, 0.4) is 0 Å². The minimum Gasteiger partial charge on any atom is -0.418 e. The second-order valence-corrected chi connectivity index (χ2v) is 20.9. The van der Waals surface area contributed by atoms with E-state index in [4.69, 9.17) is 22.1 Å². The van der Waals surface area contributed by atoms with E-state index in [1.165, 1.54) is 24.9 Å². The number of rotatable bonds is 22. The van der Waals surface area contributed by atoms with Gasteiger partial charge in [-0.05, 0) is 112 Å².